The molecule has 0 aromatic rings. The fourth-order valence-electron chi connectivity index (χ4n) is 3.39. The highest BCUT2D eigenvalue weighted by atomic mass is 32.2. The van der Waals surface area contributed by atoms with Crippen LogP contribution >= 0.6 is 11.8 Å². The van der Waals surface area contributed by atoms with Crippen LogP contribution in [0.3, 0.4) is 0 Å². The van der Waals surface area contributed by atoms with Gasteiger partial charge >= 0.3 is 0 Å². The lowest BCUT2D eigenvalue weighted by atomic mass is 9.78. The van der Waals surface area contributed by atoms with E-state index in [0.717, 1.165) is 25.7 Å². The van der Waals surface area contributed by atoms with Crippen molar-refractivity contribution < 1.29 is 9.59 Å². The molecule has 2 fully saturated rings. The number of carbonyl (C=O) groups is 2. The average Bonchev–Trinajstić information content (AvgIpc) is 2.45. The predicted molar refractivity (Wildman–Crippen MR) is 82.7 cm³/mol. The second kappa shape index (κ2) is 6.37. The Bertz CT molecular complexity index is 380. The van der Waals surface area contributed by atoms with E-state index < -0.39 is 5.54 Å². The van der Waals surface area contributed by atoms with Gasteiger partial charge in [0.2, 0.25) is 11.8 Å². The summed E-state index contributed by atoms with van der Waals surface area (Å²) in [6, 6.07) is -0.287. The summed E-state index contributed by atoms with van der Waals surface area (Å²) in [5, 5.41) is 3.43. The average molecular weight is 298 g/mol. The topological polar surface area (TPSA) is 49.4 Å². The summed E-state index contributed by atoms with van der Waals surface area (Å²) in [4.78, 5) is 27.2. The molecular weight excluding hydrogens is 272 g/mol. The number of piperazine rings is 1. The van der Waals surface area contributed by atoms with E-state index in [1.807, 2.05) is 11.8 Å². The number of hydrogen-bond acceptors (Lipinski definition) is 3. The van der Waals surface area contributed by atoms with Crippen LogP contribution in [0, 0.1) is 0 Å². The fourth-order valence-corrected chi connectivity index (χ4v) is 3.70. The van der Waals surface area contributed by atoms with Crippen molar-refractivity contribution in [3.63, 3.8) is 0 Å². The predicted octanol–water partition coefficient (Wildman–Crippen LogP) is 2.18. The lowest BCUT2D eigenvalue weighted by Gasteiger charge is -2.48. The maximum Gasteiger partial charge on any atom is 0.249 e. The molecule has 2 amide bonds. The molecule has 1 spiro atoms. The first-order valence-electron chi connectivity index (χ1n) is 7.70. The number of rotatable bonds is 4. The van der Waals surface area contributed by atoms with Crippen LogP contribution in [0.2, 0.25) is 0 Å². The van der Waals surface area contributed by atoms with Crippen LogP contribution < -0.4 is 5.32 Å². The Morgan fingerprint density at radius 2 is 2.00 bits per heavy atom. The molecule has 20 heavy (non-hydrogen) atoms. The third-order valence-electron chi connectivity index (χ3n) is 4.66. The molecule has 1 aliphatic carbocycles. The summed E-state index contributed by atoms with van der Waals surface area (Å²) >= 11 is 1.74. The molecule has 2 rings (SSSR count). The Balaban J connectivity index is 2.24. The molecule has 0 aromatic carbocycles. The third kappa shape index (κ3) is 2.83. The van der Waals surface area contributed by atoms with Crippen LogP contribution in [0.1, 0.15) is 52.4 Å². The van der Waals surface area contributed by atoms with Gasteiger partial charge in [-0.25, -0.2) is 0 Å². The smallest absolute Gasteiger partial charge is 0.249 e. The number of nitrogens with one attached hydrogen (secondary N) is 1. The minimum Gasteiger partial charge on any atom is -0.340 e. The third-order valence-corrected chi connectivity index (χ3v) is 5.62. The Labute approximate surface area is 126 Å². The van der Waals surface area contributed by atoms with Crippen molar-refractivity contribution in [2.24, 2.45) is 0 Å². The molecule has 0 aromatic heterocycles. The second-order valence-corrected chi connectivity index (χ2v) is 7.34. The molecule has 5 heteroatoms. The van der Waals surface area contributed by atoms with Gasteiger partial charge in [-0.3, -0.25) is 9.59 Å². The van der Waals surface area contributed by atoms with Gasteiger partial charge in [-0.15, -0.1) is 0 Å². The highest BCUT2D eigenvalue weighted by Crippen LogP contribution is 2.34. The van der Waals surface area contributed by atoms with E-state index in [2.05, 4.69) is 18.5 Å². The minimum atomic E-state index is -0.598. The Kier molecular flexibility index (Phi) is 4.99. The molecule has 0 bridgehead atoms. The van der Waals surface area contributed by atoms with Gasteiger partial charge in [-0.2, -0.15) is 11.8 Å². The molecule has 114 valence electrons. The number of amides is 2. The standard InChI is InChI=1S/C15H26N2O2S/c1-4-12-13(18)16-15(8-6-5-7-9-15)14(19)17(12)10-11(2)20-3/h11-12H,4-10H2,1-3H3,(H,16,18). The van der Waals surface area contributed by atoms with Crippen molar-refractivity contribution >= 4 is 23.6 Å². The van der Waals surface area contributed by atoms with Crippen LogP contribution in [-0.4, -0.2) is 46.3 Å². The van der Waals surface area contributed by atoms with Crippen molar-refractivity contribution in [3.05, 3.63) is 0 Å². The quantitative estimate of drug-likeness (QED) is 0.865. The molecule has 1 aliphatic heterocycles. The van der Waals surface area contributed by atoms with E-state index in [1.54, 1.807) is 11.8 Å². The number of hydrogen-bond donors (Lipinski definition) is 1. The van der Waals surface area contributed by atoms with Gasteiger partial charge in [0.25, 0.3) is 0 Å². The second-order valence-electron chi connectivity index (χ2n) is 6.06. The van der Waals surface area contributed by atoms with Gasteiger partial charge in [0.15, 0.2) is 0 Å². The fraction of sp³-hybridized carbons (Fsp3) is 0.867. The summed E-state index contributed by atoms with van der Waals surface area (Å²) in [6.07, 6.45) is 7.59. The molecule has 2 atom stereocenters. The molecule has 1 N–H and O–H groups in total. The molecule has 1 heterocycles. The van der Waals surface area contributed by atoms with Crippen LogP contribution in [0.4, 0.5) is 0 Å². The van der Waals surface area contributed by atoms with Crippen LogP contribution in [0.15, 0.2) is 0 Å². The van der Waals surface area contributed by atoms with Crippen molar-refractivity contribution in [1.82, 2.24) is 10.2 Å². The summed E-state index contributed by atoms with van der Waals surface area (Å²) in [5.74, 6) is 0.201. The Morgan fingerprint density at radius 3 is 2.55 bits per heavy atom. The van der Waals surface area contributed by atoms with Crippen molar-refractivity contribution in [2.45, 2.75) is 69.2 Å². The molecule has 2 unspecified atom stereocenters. The first-order valence-corrected chi connectivity index (χ1v) is 8.98. The number of nitrogens with zero attached hydrogens (tertiary/aromatic N) is 1. The van der Waals surface area contributed by atoms with Gasteiger partial charge < -0.3 is 10.2 Å². The molecule has 4 nitrogen and oxygen atoms in total. The summed E-state index contributed by atoms with van der Waals surface area (Å²) in [7, 11) is 0. The number of carbonyl (C=O) groups excluding carboxylic acids is 2. The van der Waals surface area contributed by atoms with Crippen molar-refractivity contribution in [2.75, 3.05) is 12.8 Å². The highest BCUT2D eigenvalue weighted by Gasteiger charge is 2.50. The molecule has 1 saturated heterocycles. The first-order chi connectivity index (χ1) is 9.54. The normalized spacial score (nSPS) is 27.6. The van der Waals surface area contributed by atoms with E-state index in [9.17, 15) is 9.59 Å². The van der Waals surface area contributed by atoms with Gasteiger partial charge in [0.05, 0.1) is 0 Å². The van der Waals surface area contributed by atoms with E-state index >= 15 is 0 Å². The maximum absolute atomic E-state index is 13.0. The summed E-state index contributed by atoms with van der Waals surface area (Å²) in [5.41, 5.74) is -0.598. The largest absolute Gasteiger partial charge is 0.340 e. The molecule has 2 aliphatic rings. The van der Waals surface area contributed by atoms with Crippen molar-refractivity contribution in [3.8, 4) is 0 Å². The zero-order chi connectivity index (χ0) is 14.8. The van der Waals surface area contributed by atoms with Gasteiger partial charge in [0.1, 0.15) is 11.6 Å². The Hall–Kier alpha value is -0.710. The summed E-state index contributed by atoms with van der Waals surface area (Å²) < 4.78 is 0. The van der Waals surface area contributed by atoms with Gasteiger partial charge in [0, 0.05) is 11.8 Å². The Morgan fingerprint density at radius 1 is 1.35 bits per heavy atom. The molecular formula is C15H26N2O2S. The minimum absolute atomic E-state index is 0.0438. The highest BCUT2D eigenvalue weighted by molar-refractivity contribution is 7.99. The molecule has 1 saturated carbocycles. The first kappa shape index (κ1) is 15.7. The van der Waals surface area contributed by atoms with Crippen LogP contribution in [-0.2, 0) is 9.59 Å². The summed E-state index contributed by atoms with van der Waals surface area (Å²) in [6.45, 7) is 4.77. The monoisotopic (exact) mass is 298 g/mol. The van der Waals surface area contributed by atoms with Crippen LogP contribution in [0.5, 0.6) is 0 Å². The van der Waals surface area contributed by atoms with E-state index in [4.69, 9.17) is 0 Å². The molecule has 0 radical (unpaired) electrons. The lowest BCUT2D eigenvalue weighted by Crippen LogP contribution is -2.71. The zero-order valence-electron chi connectivity index (χ0n) is 12.8. The number of thioether (sulfide) groups is 1. The zero-order valence-corrected chi connectivity index (χ0v) is 13.6. The van der Waals surface area contributed by atoms with E-state index in [0.29, 0.717) is 18.2 Å². The van der Waals surface area contributed by atoms with Crippen LogP contribution in [0.25, 0.3) is 0 Å². The maximum atomic E-state index is 13.0. The van der Waals surface area contributed by atoms with Gasteiger partial charge in [-0.1, -0.05) is 33.1 Å². The van der Waals surface area contributed by atoms with E-state index in [1.165, 1.54) is 6.42 Å². The van der Waals surface area contributed by atoms with Crippen molar-refractivity contribution in [1.29, 1.82) is 0 Å². The van der Waals surface area contributed by atoms with E-state index in [-0.39, 0.29) is 17.9 Å². The SMILES string of the molecule is CCC1C(=O)NC2(CCCCC2)C(=O)N1CC(C)SC. The lowest BCUT2D eigenvalue weighted by molar-refractivity contribution is -0.156. The van der Waals surface area contributed by atoms with Gasteiger partial charge in [-0.05, 0) is 25.5 Å².